The highest BCUT2D eigenvalue weighted by atomic mass is 32.2. The van der Waals surface area contributed by atoms with Crippen LogP contribution in [0.2, 0.25) is 0 Å². The van der Waals surface area contributed by atoms with Crippen molar-refractivity contribution in [3.05, 3.63) is 0 Å². The van der Waals surface area contributed by atoms with E-state index in [1.807, 2.05) is 23.5 Å². The predicted octanol–water partition coefficient (Wildman–Crippen LogP) is 1.56. The second-order valence-electron chi connectivity index (χ2n) is 2.04. The van der Waals surface area contributed by atoms with Crippen molar-refractivity contribution in [2.75, 3.05) is 18.1 Å². The van der Waals surface area contributed by atoms with Gasteiger partial charge in [-0.15, -0.1) is 23.5 Å². The molecule has 0 amide bonds. The molecule has 1 aliphatic rings. The summed E-state index contributed by atoms with van der Waals surface area (Å²) in [4.78, 5) is 0. The molecule has 0 aromatic heterocycles. The zero-order valence-electron chi connectivity index (χ0n) is 5.38. The first-order valence-electron chi connectivity index (χ1n) is 3.27. The molecule has 0 radical (unpaired) electrons. The molecular formula is C6H12OS2. The molecule has 0 aromatic rings. The van der Waals surface area contributed by atoms with Crippen molar-refractivity contribution in [1.29, 1.82) is 0 Å². The Kier molecular flexibility index (Phi) is 3.86. The average molecular weight is 164 g/mol. The molecule has 0 bridgehead atoms. The summed E-state index contributed by atoms with van der Waals surface area (Å²) in [5, 5.41) is 8.51. The van der Waals surface area contributed by atoms with Crippen LogP contribution in [-0.4, -0.2) is 27.8 Å². The second kappa shape index (κ2) is 4.47. The molecule has 0 aromatic carbocycles. The fourth-order valence-corrected chi connectivity index (χ4v) is 3.76. The standard InChI is InChI=1S/C6H12OS2/c7-3-1-2-6-8-4-5-9-6/h6-7H,1-5H2. The maximum atomic E-state index is 8.51. The third-order valence-corrected chi connectivity index (χ3v) is 4.46. The Labute approximate surface area is 64.6 Å². The van der Waals surface area contributed by atoms with Crippen molar-refractivity contribution in [3.8, 4) is 0 Å². The summed E-state index contributed by atoms with van der Waals surface area (Å²) in [7, 11) is 0. The fourth-order valence-electron chi connectivity index (χ4n) is 0.832. The van der Waals surface area contributed by atoms with E-state index in [0.717, 1.165) is 11.0 Å². The Morgan fingerprint density at radius 2 is 2.00 bits per heavy atom. The van der Waals surface area contributed by atoms with Crippen molar-refractivity contribution < 1.29 is 5.11 Å². The van der Waals surface area contributed by atoms with E-state index in [1.54, 1.807) is 0 Å². The van der Waals surface area contributed by atoms with Gasteiger partial charge in [0.15, 0.2) is 0 Å². The molecule has 1 fully saturated rings. The van der Waals surface area contributed by atoms with Gasteiger partial charge in [-0.3, -0.25) is 0 Å². The minimum atomic E-state index is 0.359. The van der Waals surface area contributed by atoms with Gasteiger partial charge in [-0.25, -0.2) is 0 Å². The van der Waals surface area contributed by atoms with Crippen LogP contribution in [0.3, 0.4) is 0 Å². The molecule has 3 heteroatoms. The van der Waals surface area contributed by atoms with Crippen LogP contribution < -0.4 is 0 Å². The first-order valence-corrected chi connectivity index (χ1v) is 5.37. The molecule has 1 nitrogen and oxygen atoms in total. The summed E-state index contributed by atoms with van der Waals surface area (Å²) in [6, 6.07) is 0. The minimum Gasteiger partial charge on any atom is -0.396 e. The molecule has 1 N–H and O–H groups in total. The molecule has 0 spiro atoms. The van der Waals surface area contributed by atoms with E-state index in [-0.39, 0.29) is 0 Å². The van der Waals surface area contributed by atoms with Crippen LogP contribution in [0.4, 0.5) is 0 Å². The Morgan fingerprint density at radius 1 is 1.33 bits per heavy atom. The number of hydrogen-bond acceptors (Lipinski definition) is 3. The monoisotopic (exact) mass is 164 g/mol. The van der Waals surface area contributed by atoms with E-state index >= 15 is 0 Å². The molecule has 0 unspecified atom stereocenters. The summed E-state index contributed by atoms with van der Waals surface area (Å²) in [5.74, 6) is 2.61. The van der Waals surface area contributed by atoms with Gasteiger partial charge in [0.1, 0.15) is 0 Å². The van der Waals surface area contributed by atoms with Crippen LogP contribution in [0.5, 0.6) is 0 Å². The zero-order chi connectivity index (χ0) is 6.53. The Bertz CT molecular complexity index is 71.5. The third-order valence-electron chi connectivity index (χ3n) is 1.29. The number of aliphatic hydroxyl groups is 1. The highest BCUT2D eigenvalue weighted by Gasteiger charge is 2.14. The molecule has 1 aliphatic heterocycles. The van der Waals surface area contributed by atoms with Crippen molar-refractivity contribution in [3.63, 3.8) is 0 Å². The van der Waals surface area contributed by atoms with Crippen LogP contribution in [0.15, 0.2) is 0 Å². The largest absolute Gasteiger partial charge is 0.396 e. The molecule has 1 heterocycles. The lowest BCUT2D eigenvalue weighted by molar-refractivity contribution is 0.286. The van der Waals surface area contributed by atoms with E-state index in [2.05, 4.69) is 0 Å². The van der Waals surface area contributed by atoms with Crippen LogP contribution in [0.1, 0.15) is 12.8 Å². The van der Waals surface area contributed by atoms with Gasteiger partial charge in [-0.1, -0.05) is 0 Å². The van der Waals surface area contributed by atoms with Gasteiger partial charge in [-0.2, -0.15) is 0 Å². The topological polar surface area (TPSA) is 20.2 Å². The SMILES string of the molecule is OCCCC1SCCS1. The number of aliphatic hydroxyl groups excluding tert-OH is 1. The van der Waals surface area contributed by atoms with E-state index in [4.69, 9.17) is 5.11 Å². The van der Waals surface area contributed by atoms with Crippen LogP contribution in [-0.2, 0) is 0 Å². The van der Waals surface area contributed by atoms with Gasteiger partial charge in [0, 0.05) is 18.1 Å². The Balaban J connectivity index is 1.98. The first kappa shape index (κ1) is 7.76. The van der Waals surface area contributed by atoms with Crippen LogP contribution >= 0.6 is 23.5 Å². The highest BCUT2D eigenvalue weighted by Crippen LogP contribution is 2.34. The van der Waals surface area contributed by atoms with Gasteiger partial charge in [0.05, 0.1) is 4.58 Å². The summed E-state index contributed by atoms with van der Waals surface area (Å²) in [5.41, 5.74) is 0. The average Bonchev–Trinajstić information content (AvgIpc) is 2.34. The van der Waals surface area contributed by atoms with Gasteiger partial charge < -0.3 is 5.11 Å². The lowest BCUT2D eigenvalue weighted by Crippen LogP contribution is -1.93. The van der Waals surface area contributed by atoms with Gasteiger partial charge in [0.25, 0.3) is 0 Å². The minimum absolute atomic E-state index is 0.359. The zero-order valence-corrected chi connectivity index (χ0v) is 7.01. The van der Waals surface area contributed by atoms with Crippen molar-refractivity contribution in [2.45, 2.75) is 17.4 Å². The van der Waals surface area contributed by atoms with Crippen molar-refractivity contribution in [2.24, 2.45) is 0 Å². The van der Waals surface area contributed by atoms with Gasteiger partial charge >= 0.3 is 0 Å². The summed E-state index contributed by atoms with van der Waals surface area (Å²) < 4.78 is 0.789. The molecule has 54 valence electrons. The van der Waals surface area contributed by atoms with Gasteiger partial charge in [-0.05, 0) is 12.8 Å². The van der Waals surface area contributed by atoms with Crippen LogP contribution in [0, 0.1) is 0 Å². The van der Waals surface area contributed by atoms with Crippen molar-refractivity contribution in [1.82, 2.24) is 0 Å². The third kappa shape index (κ3) is 2.83. The number of rotatable bonds is 3. The van der Waals surface area contributed by atoms with E-state index in [0.29, 0.717) is 6.61 Å². The first-order chi connectivity index (χ1) is 4.43. The molecule has 0 saturated carbocycles. The lowest BCUT2D eigenvalue weighted by Gasteiger charge is -2.03. The van der Waals surface area contributed by atoms with E-state index in [9.17, 15) is 0 Å². The highest BCUT2D eigenvalue weighted by molar-refractivity contribution is 8.20. The smallest absolute Gasteiger partial charge is 0.0503 e. The second-order valence-corrected chi connectivity index (χ2v) is 4.96. The quantitative estimate of drug-likeness (QED) is 0.683. The fraction of sp³-hybridized carbons (Fsp3) is 1.00. The number of thioether (sulfide) groups is 2. The Hall–Kier alpha value is 0.660. The summed E-state index contributed by atoms with van der Waals surface area (Å²) in [6.07, 6.45) is 2.16. The molecule has 0 aliphatic carbocycles. The van der Waals surface area contributed by atoms with Crippen molar-refractivity contribution >= 4 is 23.5 Å². The predicted molar refractivity (Wildman–Crippen MR) is 45.0 cm³/mol. The maximum Gasteiger partial charge on any atom is 0.0503 e. The van der Waals surface area contributed by atoms with Crippen LogP contribution in [0.25, 0.3) is 0 Å². The molecule has 0 atom stereocenters. The molecule has 1 rings (SSSR count). The number of hydrogen-bond donors (Lipinski definition) is 1. The lowest BCUT2D eigenvalue weighted by atomic mass is 10.4. The van der Waals surface area contributed by atoms with Gasteiger partial charge in [0.2, 0.25) is 0 Å². The normalized spacial score (nSPS) is 21.0. The Morgan fingerprint density at radius 3 is 2.56 bits per heavy atom. The molecule has 1 saturated heterocycles. The maximum absolute atomic E-state index is 8.51. The van der Waals surface area contributed by atoms with E-state index < -0.39 is 0 Å². The summed E-state index contributed by atoms with van der Waals surface area (Å²) in [6.45, 7) is 0.359. The summed E-state index contributed by atoms with van der Waals surface area (Å²) >= 11 is 4.07. The molecular weight excluding hydrogens is 152 g/mol. The van der Waals surface area contributed by atoms with E-state index in [1.165, 1.54) is 17.9 Å². The molecule has 9 heavy (non-hydrogen) atoms.